The van der Waals surface area contributed by atoms with E-state index in [1.165, 1.54) is 19.4 Å². The molecule has 2 aromatic carbocycles. The van der Waals surface area contributed by atoms with Crippen LogP contribution < -0.4 is 4.74 Å². The van der Waals surface area contributed by atoms with E-state index in [0.29, 0.717) is 19.3 Å². The SMILES string of the molecule is COc1ccc2c(c1)CC[C@@H]1[C@@H]2CC[C@@]2(C)[C@]13[C@H](S(=O)(=O)c1ccccc1)C[C@@]2(OC(C)=O)[C@@](C)(O)[C@H]3O. The van der Waals surface area contributed by atoms with E-state index in [2.05, 4.69) is 6.07 Å². The molecular formula is C30H36O7S. The molecule has 8 atom stereocenters. The number of ether oxygens (including phenoxy) is 2. The molecule has 204 valence electrons. The number of benzene rings is 2. The quantitative estimate of drug-likeness (QED) is 0.568. The third-order valence-corrected chi connectivity index (χ3v) is 13.2. The molecule has 0 heterocycles. The number of aliphatic hydroxyl groups excluding tert-OH is 1. The van der Waals surface area contributed by atoms with Gasteiger partial charge >= 0.3 is 5.97 Å². The highest BCUT2D eigenvalue weighted by molar-refractivity contribution is 7.92. The zero-order valence-corrected chi connectivity index (χ0v) is 23.1. The summed E-state index contributed by atoms with van der Waals surface area (Å²) >= 11 is 0. The molecule has 0 unspecified atom stereocenters. The molecule has 3 saturated carbocycles. The van der Waals surface area contributed by atoms with Gasteiger partial charge in [-0.05, 0) is 79.8 Å². The lowest BCUT2D eigenvalue weighted by molar-refractivity contribution is -0.218. The second-order valence-electron chi connectivity index (χ2n) is 12.1. The van der Waals surface area contributed by atoms with Crippen molar-refractivity contribution in [2.75, 3.05) is 7.11 Å². The zero-order chi connectivity index (χ0) is 27.3. The number of hydrogen-bond acceptors (Lipinski definition) is 7. The molecule has 0 aliphatic heterocycles. The number of aliphatic hydroxyl groups is 2. The molecule has 4 aliphatic carbocycles. The molecule has 8 heteroatoms. The number of aryl methyl sites for hydroxylation is 1. The van der Waals surface area contributed by atoms with Crippen LogP contribution in [0.5, 0.6) is 5.75 Å². The molecular weight excluding hydrogens is 504 g/mol. The van der Waals surface area contributed by atoms with Crippen LogP contribution >= 0.6 is 0 Å². The Labute approximate surface area is 224 Å². The third kappa shape index (κ3) is 2.81. The van der Waals surface area contributed by atoms with Gasteiger partial charge < -0.3 is 19.7 Å². The van der Waals surface area contributed by atoms with E-state index in [4.69, 9.17) is 9.47 Å². The van der Waals surface area contributed by atoms with Gasteiger partial charge in [-0.25, -0.2) is 8.42 Å². The molecule has 2 N–H and O–H groups in total. The first-order valence-electron chi connectivity index (χ1n) is 13.4. The van der Waals surface area contributed by atoms with Crippen molar-refractivity contribution in [3.63, 3.8) is 0 Å². The normalized spacial score (nSPS) is 41.1. The number of sulfone groups is 1. The molecule has 0 saturated heterocycles. The number of methoxy groups -OCH3 is 1. The minimum Gasteiger partial charge on any atom is -0.497 e. The van der Waals surface area contributed by atoms with Gasteiger partial charge in [-0.3, -0.25) is 4.79 Å². The summed E-state index contributed by atoms with van der Waals surface area (Å²) < 4.78 is 40.4. The van der Waals surface area contributed by atoms with Gasteiger partial charge in [0.1, 0.15) is 11.4 Å². The van der Waals surface area contributed by atoms with Crippen LogP contribution in [-0.2, 0) is 25.8 Å². The maximum absolute atomic E-state index is 14.5. The summed E-state index contributed by atoms with van der Waals surface area (Å²) in [5, 5.41) is 23.2. The van der Waals surface area contributed by atoms with Gasteiger partial charge in [0.25, 0.3) is 0 Å². The number of esters is 1. The van der Waals surface area contributed by atoms with Crippen LogP contribution in [0.25, 0.3) is 0 Å². The minimum atomic E-state index is -3.97. The van der Waals surface area contributed by atoms with Crippen LogP contribution in [0.15, 0.2) is 53.4 Å². The van der Waals surface area contributed by atoms with Gasteiger partial charge in [0.2, 0.25) is 0 Å². The van der Waals surface area contributed by atoms with E-state index in [-0.39, 0.29) is 23.2 Å². The molecule has 2 aromatic rings. The lowest BCUT2D eigenvalue weighted by atomic mass is 9.47. The standard InChI is InChI=1S/C30H36O7S/c1-18(31)37-29-17-25(38(34,35)21-8-6-5-7-9-21)30(26(32)28(29,3)33)24-13-10-19-16-20(36-4)11-12-22(19)23(24)14-15-27(29,30)2/h5-9,11-12,16,23-26,32-33H,10,13-15,17H2,1-4H3/t23-,24-,25-,26-,27-,28+,29+,30+/m1/s1. The minimum absolute atomic E-state index is 0.00267. The van der Waals surface area contributed by atoms with Crippen LogP contribution in [-0.4, -0.2) is 54.3 Å². The van der Waals surface area contributed by atoms with Gasteiger partial charge in [-0.2, -0.15) is 0 Å². The summed E-state index contributed by atoms with van der Waals surface area (Å²) in [6.07, 6.45) is 1.17. The van der Waals surface area contributed by atoms with Crippen molar-refractivity contribution in [1.29, 1.82) is 0 Å². The van der Waals surface area contributed by atoms with E-state index >= 15 is 0 Å². The highest BCUT2D eigenvalue weighted by Crippen LogP contribution is 2.81. The zero-order valence-electron chi connectivity index (χ0n) is 22.3. The Hall–Kier alpha value is -2.42. The maximum atomic E-state index is 14.5. The van der Waals surface area contributed by atoms with Gasteiger partial charge in [-0.15, -0.1) is 0 Å². The van der Waals surface area contributed by atoms with Gasteiger partial charge in [0, 0.05) is 24.2 Å². The fraction of sp³-hybridized carbons (Fsp3) is 0.567. The number of carbonyl (C=O) groups is 1. The molecule has 0 aromatic heterocycles. The largest absolute Gasteiger partial charge is 0.497 e. The van der Waals surface area contributed by atoms with Crippen molar-refractivity contribution in [1.82, 2.24) is 0 Å². The lowest BCUT2D eigenvalue weighted by Gasteiger charge is -2.58. The first kappa shape index (κ1) is 25.8. The Morgan fingerprint density at radius 2 is 1.79 bits per heavy atom. The molecule has 6 rings (SSSR count). The summed E-state index contributed by atoms with van der Waals surface area (Å²) in [6.45, 7) is 4.75. The van der Waals surface area contributed by atoms with Crippen LogP contribution in [0.2, 0.25) is 0 Å². The second-order valence-corrected chi connectivity index (χ2v) is 14.3. The van der Waals surface area contributed by atoms with Crippen LogP contribution in [0.1, 0.15) is 63.5 Å². The number of fused-ring (bicyclic) bond motifs is 3. The highest BCUT2D eigenvalue weighted by Gasteiger charge is 2.90. The molecule has 4 aliphatic rings. The topological polar surface area (TPSA) is 110 Å². The average molecular weight is 541 g/mol. The Kier molecular flexibility index (Phi) is 5.48. The van der Waals surface area contributed by atoms with Crippen molar-refractivity contribution >= 4 is 15.8 Å². The molecule has 2 bridgehead atoms. The molecule has 38 heavy (non-hydrogen) atoms. The number of rotatable bonds is 4. The molecule has 3 fully saturated rings. The Balaban J connectivity index is 1.61. The van der Waals surface area contributed by atoms with Gasteiger partial charge in [0.15, 0.2) is 15.4 Å². The van der Waals surface area contributed by atoms with E-state index in [9.17, 15) is 23.4 Å². The van der Waals surface area contributed by atoms with Crippen LogP contribution in [0.4, 0.5) is 0 Å². The number of hydrogen-bond donors (Lipinski definition) is 2. The molecule has 0 spiro atoms. The first-order valence-corrected chi connectivity index (χ1v) is 15.0. The van der Waals surface area contributed by atoms with E-state index in [0.717, 1.165) is 17.7 Å². The molecule has 0 radical (unpaired) electrons. The smallest absolute Gasteiger partial charge is 0.303 e. The van der Waals surface area contributed by atoms with Crippen molar-refractivity contribution < 1.29 is 32.9 Å². The summed E-state index contributed by atoms with van der Waals surface area (Å²) in [5.74, 6) is -0.0329. The van der Waals surface area contributed by atoms with Gasteiger partial charge in [-0.1, -0.05) is 31.2 Å². The molecule has 0 amide bonds. The van der Waals surface area contributed by atoms with E-state index < -0.39 is 49.2 Å². The van der Waals surface area contributed by atoms with Crippen LogP contribution in [0, 0.1) is 16.7 Å². The van der Waals surface area contributed by atoms with Crippen molar-refractivity contribution in [2.45, 2.75) is 86.2 Å². The average Bonchev–Trinajstić information content (AvgIpc) is 3.20. The summed E-state index contributed by atoms with van der Waals surface area (Å²) in [6, 6.07) is 14.4. The molecule has 7 nitrogen and oxygen atoms in total. The summed E-state index contributed by atoms with van der Waals surface area (Å²) in [5.41, 5.74) is -3.20. The maximum Gasteiger partial charge on any atom is 0.303 e. The monoisotopic (exact) mass is 540 g/mol. The summed E-state index contributed by atoms with van der Waals surface area (Å²) in [4.78, 5) is 12.7. The third-order valence-electron chi connectivity index (χ3n) is 10.9. The Bertz CT molecular complexity index is 1400. The fourth-order valence-corrected chi connectivity index (χ4v) is 12.0. The number of carbonyl (C=O) groups excluding carboxylic acids is 1. The Morgan fingerprint density at radius 3 is 2.45 bits per heavy atom. The lowest BCUT2D eigenvalue weighted by Crippen LogP contribution is -2.65. The van der Waals surface area contributed by atoms with Crippen LogP contribution in [0.3, 0.4) is 0 Å². The van der Waals surface area contributed by atoms with Crippen molar-refractivity contribution in [2.24, 2.45) is 16.7 Å². The summed E-state index contributed by atoms with van der Waals surface area (Å²) in [7, 11) is -2.32. The predicted molar refractivity (Wildman–Crippen MR) is 140 cm³/mol. The highest BCUT2D eigenvalue weighted by atomic mass is 32.2. The Morgan fingerprint density at radius 1 is 1.08 bits per heavy atom. The van der Waals surface area contributed by atoms with Gasteiger partial charge in [0.05, 0.1) is 23.4 Å². The second kappa shape index (κ2) is 8.05. The first-order chi connectivity index (χ1) is 17.9. The van der Waals surface area contributed by atoms with E-state index in [1.54, 1.807) is 37.4 Å². The fourth-order valence-electron chi connectivity index (χ4n) is 9.59. The van der Waals surface area contributed by atoms with Crippen molar-refractivity contribution in [3.8, 4) is 5.75 Å². The predicted octanol–water partition coefficient (Wildman–Crippen LogP) is 3.80. The van der Waals surface area contributed by atoms with E-state index in [1.807, 2.05) is 19.1 Å². The van der Waals surface area contributed by atoms with Crippen molar-refractivity contribution in [3.05, 3.63) is 59.7 Å².